The van der Waals surface area contributed by atoms with Crippen LogP contribution in [0.5, 0.6) is 11.5 Å². The van der Waals surface area contributed by atoms with Gasteiger partial charge in [-0.3, -0.25) is 14.5 Å². The van der Waals surface area contributed by atoms with Crippen molar-refractivity contribution in [2.45, 2.75) is 13.8 Å². The molecular formula is C21H21FN2O4S. The predicted octanol–water partition coefficient (Wildman–Crippen LogP) is 4.65. The van der Waals surface area contributed by atoms with Crippen LogP contribution in [0.1, 0.15) is 18.1 Å². The van der Waals surface area contributed by atoms with Crippen LogP contribution in [-0.2, 0) is 4.79 Å². The van der Waals surface area contributed by atoms with Crippen LogP contribution >= 0.6 is 11.8 Å². The highest BCUT2D eigenvalue weighted by molar-refractivity contribution is 8.18. The number of imide groups is 1. The van der Waals surface area contributed by atoms with Gasteiger partial charge in [0.25, 0.3) is 11.1 Å². The molecular weight excluding hydrogens is 395 g/mol. The molecule has 3 rings (SSSR count). The predicted molar refractivity (Wildman–Crippen MR) is 112 cm³/mol. The Balaban J connectivity index is 1.75. The summed E-state index contributed by atoms with van der Waals surface area (Å²) in [7, 11) is 1.54. The first-order valence-corrected chi connectivity index (χ1v) is 9.80. The van der Waals surface area contributed by atoms with Gasteiger partial charge in [-0.2, -0.15) is 0 Å². The maximum Gasteiger partial charge on any atom is 0.295 e. The lowest BCUT2D eigenvalue weighted by Crippen LogP contribution is -2.33. The first kappa shape index (κ1) is 20.7. The van der Waals surface area contributed by atoms with E-state index in [0.717, 1.165) is 22.2 Å². The number of methoxy groups -OCH3 is 1. The van der Waals surface area contributed by atoms with E-state index in [0.29, 0.717) is 34.3 Å². The zero-order valence-corrected chi connectivity index (χ0v) is 17.1. The number of ether oxygens (including phenoxy) is 2. The fourth-order valence-electron chi connectivity index (χ4n) is 2.79. The number of nitrogens with one attached hydrogen (secondary N) is 1. The van der Waals surface area contributed by atoms with Crippen molar-refractivity contribution in [3.8, 4) is 11.5 Å². The zero-order valence-electron chi connectivity index (χ0n) is 16.3. The highest BCUT2D eigenvalue weighted by atomic mass is 32.2. The normalized spacial score (nSPS) is 15.2. The lowest BCUT2D eigenvalue weighted by molar-refractivity contribution is -0.122. The van der Waals surface area contributed by atoms with Crippen LogP contribution in [0.4, 0.5) is 14.9 Å². The lowest BCUT2D eigenvalue weighted by atomic mass is 10.2. The molecule has 8 heteroatoms. The molecule has 1 N–H and O–H groups in total. The largest absolute Gasteiger partial charge is 0.493 e. The van der Waals surface area contributed by atoms with Crippen molar-refractivity contribution >= 4 is 34.7 Å². The third kappa shape index (κ3) is 4.71. The number of rotatable bonds is 7. The Hall–Kier alpha value is -3.00. The van der Waals surface area contributed by atoms with Gasteiger partial charge in [-0.15, -0.1) is 0 Å². The zero-order chi connectivity index (χ0) is 21.0. The summed E-state index contributed by atoms with van der Waals surface area (Å²) in [5.74, 6) is 0.351. The van der Waals surface area contributed by atoms with Crippen LogP contribution < -0.4 is 14.8 Å². The fraction of sp³-hybridized carbons (Fsp3) is 0.238. The number of thioether (sulfide) groups is 1. The summed E-state index contributed by atoms with van der Waals surface area (Å²) in [6, 6.07) is 9.60. The Labute approximate surface area is 172 Å². The molecule has 29 heavy (non-hydrogen) atoms. The minimum Gasteiger partial charge on any atom is -0.493 e. The smallest absolute Gasteiger partial charge is 0.295 e. The Morgan fingerprint density at radius 2 is 1.97 bits per heavy atom. The first-order valence-electron chi connectivity index (χ1n) is 8.99. The van der Waals surface area contributed by atoms with Gasteiger partial charge in [0.2, 0.25) is 0 Å². The van der Waals surface area contributed by atoms with Crippen LogP contribution in [0, 0.1) is 12.7 Å². The Morgan fingerprint density at radius 1 is 1.17 bits per heavy atom. The van der Waals surface area contributed by atoms with E-state index in [1.165, 1.54) is 19.2 Å². The molecule has 0 aliphatic carbocycles. The molecule has 1 aliphatic heterocycles. The third-order valence-electron chi connectivity index (χ3n) is 4.29. The van der Waals surface area contributed by atoms with E-state index in [-0.39, 0.29) is 11.9 Å². The summed E-state index contributed by atoms with van der Waals surface area (Å²) in [6.07, 6.45) is 1.64. The number of halogens is 1. The number of aryl methyl sites for hydroxylation is 1. The molecule has 0 spiro atoms. The van der Waals surface area contributed by atoms with Crippen molar-refractivity contribution in [1.29, 1.82) is 0 Å². The molecule has 6 nitrogen and oxygen atoms in total. The minimum atomic E-state index is -0.408. The summed E-state index contributed by atoms with van der Waals surface area (Å²) in [5, 5.41) is 2.56. The molecule has 152 valence electrons. The van der Waals surface area contributed by atoms with Gasteiger partial charge in [-0.1, -0.05) is 12.1 Å². The van der Waals surface area contributed by atoms with Crippen LogP contribution in [-0.4, -0.2) is 36.4 Å². The van der Waals surface area contributed by atoms with E-state index >= 15 is 0 Å². The number of benzene rings is 2. The monoisotopic (exact) mass is 416 g/mol. The van der Waals surface area contributed by atoms with E-state index in [1.807, 2.05) is 13.8 Å². The van der Waals surface area contributed by atoms with Crippen molar-refractivity contribution in [3.63, 3.8) is 0 Å². The number of carbonyl (C=O) groups is 2. The van der Waals surface area contributed by atoms with Crippen LogP contribution in [0.2, 0.25) is 0 Å². The Morgan fingerprint density at radius 3 is 2.69 bits per heavy atom. The van der Waals surface area contributed by atoms with E-state index in [2.05, 4.69) is 5.32 Å². The maximum atomic E-state index is 13.4. The number of anilines is 1. The second-order valence-corrected chi connectivity index (χ2v) is 7.24. The molecule has 1 heterocycles. The Bertz CT molecular complexity index is 977. The van der Waals surface area contributed by atoms with Gasteiger partial charge in [-0.05, 0) is 67.1 Å². The van der Waals surface area contributed by atoms with Crippen LogP contribution in [0.25, 0.3) is 6.08 Å². The molecule has 0 unspecified atom stereocenters. The second kappa shape index (κ2) is 9.00. The average Bonchev–Trinajstić information content (AvgIpc) is 2.96. The highest BCUT2D eigenvalue weighted by Crippen LogP contribution is 2.34. The van der Waals surface area contributed by atoms with E-state index in [9.17, 15) is 14.0 Å². The topological polar surface area (TPSA) is 67.9 Å². The third-order valence-corrected chi connectivity index (χ3v) is 5.19. The maximum absolute atomic E-state index is 13.4. The molecule has 1 aliphatic rings. The van der Waals surface area contributed by atoms with Crippen molar-refractivity contribution in [2.24, 2.45) is 0 Å². The second-order valence-electron chi connectivity index (χ2n) is 6.25. The number of nitrogens with zero attached hydrogens (tertiary/aromatic N) is 1. The van der Waals surface area contributed by atoms with Crippen molar-refractivity contribution in [3.05, 3.63) is 58.2 Å². The quantitative estimate of drug-likeness (QED) is 0.663. The lowest BCUT2D eigenvalue weighted by Gasteiger charge is -2.16. The molecule has 1 saturated heterocycles. The van der Waals surface area contributed by atoms with Gasteiger partial charge < -0.3 is 14.8 Å². The standard InChI is InChI=1S/C21H21FN2O4S/c1-4-28-17-8-6-14(9-18(17)27-3)10-19-20(25)24(21(26)29-19)12-23-16-11-15(22)7-5-13(16)2/h5-11,23H,4,12H2,1-3H3. The number of carbonyl (C=O) groups excluding carboxylic acids is 2. The van der Waals surface area contributed by atoms with Gasteiger partial charge >= 0.3 is 0 Å². The summed E-state index contributed by atoms with van der Waals surface area (Å²) in [5.41, 5.74) is 2.06. The van der Waals surface area contributed by atoms with E-state index < -0.39 is 11.7 Å². The van der Waals surface area contributed by atoms with Gasteiger partial charge in [0.15, 0.2) is 11.5 Å². The number of hydrogen-bond donors (Lipinski definition) is 1. The summed E-state index contributed by atoms with van der Waals surface area (Å²) in [4.78, 5) is 26.3. The van der Waals surface area contributed by atoms with E-state index in [1.54, 1.807) is 30.3 Å². The summed E-state index contributed by atoms with van der Waals surface area (Å²) >= 11 is 0.859. The molecule has 0 bridgehead atoms. The average molecular weight is 416 g/mol. The van der Waals surface area contributed by atoms with Crippen molar-refractivity contribution in [1.82, 2.24) is 4.90 Å². The van der Waals surface area contributed by atoms with Crippen LogP contribution in [0.15, 0.2) is 41.3 Å². The van der Waals surface area contributed by atoms with Gasteiger partial charge in [0, 0.05) is 5.69 Å². The number of hydrogen-bond acceptors (Lipinski definition) is 6. The molecule has 0 saturated carbocycles. The molecule has 2 aromatic rings. The van der Waals surface area contributed by atoms with Crippen molar-refractivity contribution in [2.75, 3.05) is 25.7 Å². The summed E-state index contributed by atoms with van der Waals surface area (Å²) < 4.78 is 24.2. The fourth-order valence-corrected chi connectivity index (χ4v) is 3.62. The Kier molecular flexibility index (Phi) is 6.43. The van der Waals surface area contributed by atoms with E-state index in [4.69, 9.17) is 9.47 Å². The first-order chi connectivity index (χ1) is 13.9. The van der Waals surface area contributed by atoms with Gasteiger partial charge in [0.1, 0.15) is 5.82 Å². The van der Waals surface area contributed by atoms with Gasteiger partial charge in [-0.25, -0.2) is 4.39 Å². The minimum absolute atomic E-state index is 0.0428. The molecule has 0 aromatic heterocycles. The summed E-state index contributed by atoms with van der Waals surface area (Å²) in [6.45, 7) is 4.16. The molecule has 2 aromatic carbocycles. The van der Waals surface area contributed by atoms with Gasteiger partial charge in [0.05, 0.1) is 25.3 Å². The number of amides is 2. The molecule has 1 fully saturated rings. The SMILES string of the molecule is CCOc1ccc(C=C2SC(=O)N(CNc3cc(F)ccc3C)C2=O)cc1OC. The van der Waals surface area contributed by atoms with Crippen LogP contribution in [0.3, 0.4) is 0 Å². The molecule has 0 atom stereocenters. The molecule has 0 radical (unpaired) electrons. The molecule has 2 amide bonds. The van der Waals surface area contributed by atoms with Crippen molar-refractivity contribution < 1.29 is 23.5 Å². The highest BCUT2D eigenvalue weighted by Gasteiger charge is 2.34.